The maximum atomic E-state index is 12.0. The summed E-state index contributed by atoms with van der Waals surface area (Å²) in [4.78, 5) is 30.4. The fourth-order valence-corrected chi connectivity index (χ4v) is 3.58. The molecule has 11 heteroatoms. The first-order valence-electron chi connectivity index (χ1n) is 11.6. The van der Waals surface area contributed by atoms with Crippen LogP contribution in [0.1, 0.15) is 58.0 Å². The number of anilines is 2. The molecule has 3 heterocycles. The molecule has 0 fully saturated rings. The molecule has 2 unspecified atom stereocenters. The van der Waals surface area contributed by atoms with Crippen LogP contribution in [0.25, 0.3) is 0 Å². The Morgan fingerprint density at radius 1 is 1.26 bits per heavy atom. The highest BCUT2D eigenvalue weighted by Crippen LogP contribution is 2.39. The van der Waals surface area contributed by atoms with Gasteiger partial charge in [-0.2, -0.15) is 0 Å². The van der Waals surface area contributed by atoms with Gasteiger partial charge in [-0.3, -0.25) is 9.79 Å². The standard InChI is InChI=1S/C24H36N8O3/c1-13(11-28-21(33)14(2)34-6)29-23-26-9-8-16(30-23)19-18(31-22(32-19)24(3,4)5)15-10-17(35-7)20(25)27-12-15/h8-10,12-14,18-19H,11H2,1-7H3,(H2,25,27)(H,28,33)(H,31,32)(H,26,29,30)/t13-,14+,18?,19?/m0/s1. The number of amides is 1. The molecule has 0 bridgehead atoms. The smallest absolute Gasteiger partial charge is 0.248 e. The fourth-order valence-electron chi connectivity index (χ4n) is 3.58. The highest BCUT2D eigenvalue weighted by molar-refractivity contribution is 5.89. The molecular weight excluding hydrogens is 448 g/mol. The lowest BCUT2D eigenvalue weighted by molar-refractivity contribution is -0.130. The van der Waals surface area contributed by atoms with Gasteiger partial charge >= 0.3 is 0 Å². The summed E-state index contributed by atoms with van der Waals surface area (Å²) in [7, 11) is 3.06. The van der Waals surface area contributed by atoms with Gasteiger partial charge in [-0.05, 0) is 26.0 Å². The minimum absolute atomic E-state index is 0.0995. The van der Waals surface area contributed by atoms with Crippen molar-refractivity contribution in [2.75, 3.05) is 31.8 Å². The average Bonchev–Trinajstić information content (AvgIpc) is 3.29. The first kappa shape index (κ1) is 26.1. The molecule has 1 amide bonds. The lowest BCUT2D eigenvalue weighted by Gasteiger charge is -2.23. The molecule has 0 radical (unpaired) electrons. The minimum Gasteiger partial charge on any atom is -0.493 e. The molecule has 1 aliphatic rings. The highest BCUT2D eigenvalue weighted by Gasteiger charge is 2.37. The molecule has 3 rings (SSSR count). The summed E-state index contributed by atoms with van der Waals surface area (Å²) in [5, 5.41) is 9.64. The van der Waals surface area contributed by atoms with Crippen molar-refractivity contribution in [2.45, 2.75) is 58.8 Å². The third-order valence-electron chi connectivity index (χ3n) is 5.73. The van der Waals surface area contributed by atoms with E-state index < -0.39 is 6.10 Å². The Morgan fingerprint density at radius 3 is 2.66 bits per heavy atom. The van der Waals surface area contributed by atoms with E-state index in [4.69, 9.17) is 25.2 Å². The molecule has 5 N–H and O–H groups in total. The number of pyridine rings is 1. The molecule has 2 aromatic rings. The predicted octanol–water partition coefficient (Wildman–Crippen LogP) is 2.24. The number of ether oxygens (including phenoxy) is 2. The third-order valence-corrected chi connectivity index (χ3v) is 5.73. The number of nitrogens with zero attached hydrogens (tertiary/aromatic N) is 4. The van der Waals surface area contributed by atoms with Gasteiger partial charge in [-0.25, -0.2) is 15.0 Å². The van der Waals surface area contributed by atoms with Crippen molar-refractivity contribution in [3.05, 3.63) is 35.8 Å². The summed E-state index contributed by atoms with van der Waals surface area (Å²) in [6, 6.07) is 3.12. The molecule has 11 nitrogen and oxygen atoms in total. The van der Waals surface area contributed by atoms with Crippen LogP contribution in [0.2, 0.25) is 0 Å². The summed E-state index contributed by atoms with van der Waals surface area (Å²) in [6.45, 7) is 10.4. The van der Waals surface area contributed by atoms with E-state index in [2.05, 4.69) is 46.7 Å². The van der Waals surface area contributed by atoms with Crippen LogP contribution in [-0.2, 0) is 9.53 Å². The van der Waals surface area contributed by atoms with Gasteiger partial charge in [0.05, 0.1) is 18.8 Å². The van der Waals surface area contributed by atoms with Crippen molar-refractivity contribution < 1.29 is 14.3 Å². The van der Waals surface area contributed by atoms with Gasteiger partial charge in [0.2, 0.25) is 11.9 Å². The van der Waals surface area contributed by atoms with Crippen molar-refractivity contribution in [3.8, 4) is 5.75 Å². The topological polar surface area (TPSA) is 149 Å². The molecule has 0 spiro atoms. The van der Waals surface area contributed by atoms with E-state index in [1.54, 1.807) is 26.4 Å². The number of nitrogens with two attached hydrogens (primary N) is 1. The Morgan fingerprint density at radius 2 is 2.00 bits per heavy atom. The third kappa shape index (κ3) is 6.36. The molecule has 0 aromatic carbocycles. The van der Waals surface area contributed by atoms with Crippen molar-refractivity contribution >= 4 is 23.5 Å². The van der Waals surface area contributed by atoms with Crippen LogP contribution in [0.3, 0.4) is 0 Å². The number of rotatable bonds is 9. The lowest BCUT2D eigenvalue weighted by Crippen LogP contribution is -2.40. The second kappa shape index (κ2) is 10.9. The van der Waals surface area contributed by atoms with Crippen LogP contribution < -0.4 is 26.4 Å². The van der Waals surface area contributed by atoms with Crippen molar-refractivity contribution in [1.82, 2.24) is 25.6 Å². The summed E-state index contributed by atoms with van der Waals surface area (Å²) >= 11 is 0. The van der Waals surface area contributed by atoms with Crippen LogP contribution in [0.4, 0.5) is 11.8 Å². The molecule has 0 saturated carbocycles. The van der Waals surface area contributed by atoms with Crippen LogP contribution in [0, 0.1) is 5.41 Å². The summed E-state index contributed by atoms with van der Waals surface area (Å²) < 4.78 is 10.4. The van der Waals surface area contributed by atoms with Gasteiger partial charge in [-0.1, -0.05) is 20.8 Å². The normalized spacial score (nSPS) is 19.3. The zero-order chi connectivity index (χ0) is 25.8. The number of nitrogens with one attached hydrogen (secondary N) is 3. The van der Waals surface area contributed by atoms with Gasteiger partial charge in [0, 0.05) is 43.1 Å². The van der Waals surface area contributed by atoms with E-state index >= 15 is 0 Å². The molecular formula is C24H36N8O3. The fraction of sp³-hybridized carbons (Fsp3) is 0.542. The number of amidine groups is 1. The van der Waals surface area contributed by atoms with E-state index in [1.807, 2.05) is 19.1 Å². The first-order valence-corrected chi connectivity index (χ1v) is 11.6. The molecule has 2 aromatic heterocycles. The summed E-state index contributed by atoms with van der Waals surface area (Å²) in [5.41, 5.74) is 7.38. The minimum atomic E-state index is -0.509. The number of hydrogen-bond acceptors (Lipinski definition) is 10. The molecule has 1 aliphatic heterocycles. The Labute approximate surface area is 206 Å². The van der Waals surface area contributed by atoms with Gasteiger partial charge in [0.25, 0.3) is 0 Å². The summed E-state index contributed by atoms with van der Waals surface area (Å²) in [5.74, 6) is 1.99. The van der Waals surface area contributed by atoms with Gasteiger partial charge in [0.1, 0.15) is 18.0 Å². The lowest BCUT2D eigenvalue weighted by atomic mass is 9.95. The molecule has 35 heavy (non-hydrogen) atoms. The highest BCUT2D eigenvalue weighted by atomic mass is 16.5. The number of nitrogen functional groups attached to an aromatic ring is 1. The maximum absolute atomic E-state index is 12.0. The zero-order valence-electron chi connectivity index (χ0n) is 21.4. The Kier molecular flexibility index (Phi) is 8.11. The second-order valence-electron chi connectivity index (χ2n) is 9.62. The Bertz CT molecular complexity index is 1070. The Balaban J connectivity index is 1.82. The molecule has 0 aliphatic carbocycles. The van der Waals surface area contributed by atoms with Crippen LogP contribution in [0.15, 0.2) is 29.5 Å². The van der Waals surface area contributed by atoms with Gasteiger partial charge in [-0.15, -0.1) is 0 Å². The van der Waals surface area contributed by atoms with Crippen LogP contribution >= 0.6 is 0 Å². The van der Waals surface area contributed by atoms with E-state index in [0.29, 0.717) is 24.1 Å². The van der Waals surface area contributed by atoms with E-state index in [0.717, 1.165) is 17.1 Å². The van der Waals surface area contributed by atoms with Gasteiger partial charge in [0.15, 0.2) is 11.6 Å². The number of methoxy groups -OCH3 is 2. The van der Waals surface area contributed by atoms with Crippen LogP contribution in [-0.4, -0.2) is 59.6 Å². The van der Waals surface area contributed by atoms with Crippen molar-refractivity contribution in [1.29, 1.82) is 0 Å². The quantitative estimate of drug-likeness (QED) is 0.420. The largest absolute Gasteiger partial charge is 0.493 e. The van der Waals surface area contributed by atoms with Crippen LogP contribution in [0.5, 0.6) is 5.75 Å². The SMILES string of the molecule is COc1cc(C2N=C(C(C)(C)C)NC2c2ccnc(N[C@@H](C)CNC(=O)[C@@H](C)OC)n2)cnc1N. The molecule has 0 saturated heterocycles. The van der Waals surface area contributed by atoms with Gasteiger partial charge < -0.3 is 31.2 Å². The van der Waals surface area contributed by atoms with Crippen molar-refractivity contribution in [2.24, 2.45) is 10.4 Å². The molecule has 190 valence electrons. The summed E-state index contributed by atoms with van der Waals surface area (Å²) in [6.07, 6.45) is 2.92. The second-order valence-corrected chi connectivity index (χ2v) is 9.62. The first-order chi connectivity index (χ1) is 16.5. The zero-order valence-corrected chi connectivity index (χ0v) is 21.4. The number of aromatic nitrogens is 3. The maximum Gasteiger partial charge on any atom is 0.248 e. The van der Waals surface area contributed by atoms with E-state index in [1.165, 1.54) is 7.11 Å². The number of aliphatic imine (C=N–C) groups is 1. The van der Waals surface area contributed by atoms with Crippen molar-refractivity contribution in [3.63, 3.8) is 0 Å². The average molecular weight is 485 g/mol. The predicted molar refractivity (Wildman–Crippen MR) is 135 cm³/mol. The molecule has 4 atom stereocenters. The number of carbonyl (C=O) groups excluding carboxylic acids is 1. The van der Waals surface area contributed by atoms with E-state index in [9.17, 15) is 4.79 Å². The Hall–Kier alpha value is -3.47. The monoisotopic (exact) mass is 484 g/mol. The van der Waals surface area contributed by atoms with E-state index in [-0.39, 0.29) is 29.4 Å². The number of carbonyl (C=O) groups is 1. The number of hydrogen-bond donors (Lipinski definition) is 4.